The van der Waals surface area contributed by atoms with E-state index in [1.54, 1.807) is 17.9 Å². The fourth-order valence-electron chi connectivity index (χ4n) is 2.24. The zero-order valence-corrected chi connectivity index (χ0v) is 11.1. The molecule has 2 amide bonds. The van der Waals surface area contributed by atoms with Gasteiger partial charge >= 0.3 is 12.0 Å². The second-order valence-electron chi connectivity index (χ2n) is 5.41. The number of hydrogen-bond donors (Lipinski definition) is 2. The van der Waals surface area contributed by atoms with Crippen molar-refractivity contribution in [3.8, 4) is 0 Å². The lowest BCUT2D eigenvalue weighted by atomic mass is 9.85. The molecule has 1 aliphatic heterocycles. The molecule has 106 valence electrons. The Morgan fingerprint density at radius 3 is 2.79 bits per heavy atom. The summed E-state index contributed by atoms with van der Waals surface area (Å²) in [5, 5.41) is 12.0. The second kappa shape index (κ2) is 5.21. The molecule has 6 nitrogen and oxygen atoms in total. The van der Waals surface area contributed by atoms with Crippen LogP contribution in [0.4, 0.5) is 4.79 Å². The maximum absolute atomic E-state index is 12.2. The Morgan fingerprint density at radius 2 is 2.26 bits per heavy atom. The monoisotopic (exact) mass is 268 g/mol. The van der Waals surface area contributed by atoms with Crippen LogP contribution >= 0.6 is 0 Å². The van der Waals surface area contributed by atoms with Crippen molar-refractivity contribution in [2.45, 2.75) is 31.8 Å². The molecule has 0 bridgehead atoms. The Labute approximate surface area is 112 Å². The Hall–Kier alpha value is -1.56. The molecular weight excluding hydrogens is 248 g/mol. The molecule has 0 aromatic heterocycles. The van der Waals surface area contributed by atoms with E-state index in [-0.39, 0.29) is 25.3 Å². The second-order valence-corrected chi connectivity index (χ2v) is 5.41. The topological polar surface area (TPSA) is 78.9 Å². The van der Waals surface area contributed by atoms with Crippen LogP contribution in [0, 0.1) is 5.41 Å². The molecule has 2 aliphatic rings. The van der Waals surface area contributed by atoms with Gasteiger partial charge < -0.3 is 20.1 Å². The number of urea groups is 1. The van der Waals surface area contributed by atoms with E-state index in [1.807, 2.05) is 0 Å². The van der Waals surface area contributed by atoms with Gasteiger partial charge in [0.2, 0.25) is 0 Å². The standard InChI is InChI=1S/C13H20N2O4/c1-3-6-15(9-4-5-9)12(18)14-10-7-19-8-13(10,2)11(16)17/h3,9-10H,1,4-8H2,2H3,(H,14,18)(H,16,17). The number of ether oxygens (including phenoxy) is 1. The molecule has 6 heteroatoms. The normalized spacial score (nSPS) is 29.8. The smallest absolute Gasteiger partial charge is 0.318 e. The Bertz CT molecular complexity index is 394. The molecule has 2 unspecified atom stereocenters. The van der Waals surface area contributed by atoms with Crippen molar-refractivity contribution < 1.29 is 19.4 Å². The maximum Gasteiger partial charge on any atom is 0.318 e. The van der Waals surface area contributed by atoms with E-state index in [2.05, 4.69) is 11.9 Å². The lowest BCUT2D eigenvalue weighted by Gasteiger charge is -2.29. The van der Waals surface area contributed by atoms with Crippen LogP contribution in [0.25, 0.3) is 0 Å². The van der Waals surface area contributed by atoms with Crippen LogP contribution in [-0.4, -0.2) is 53.8 Å². The third-order valence-corrected chi connectivity index (χ3v) is 3.82. The summed E-state index contributed by atoms with van der Waals surface area (Å²) in [7, 11) is 0. The van der Waals surface area contributed by atoms with Crippen molar-refractivity contribution >= 4 is 12.0 Å². The number of carboxylic acids is 1. The lowest BCUT2D eigenvalue weighted by Crippen LogP contribution is -2.53. The number of rotatable bonds is 5. The highest BCUT2D eigenvalue weighted by molar-refractivity contribution is 5.79. The zero-order chi connectivity index (χ0) is 14.0. The van der Waals surface area contributed by atoms with Gasteiger partial charge in [0.05, 0.1) is 19.3 Å². The Morgan fingerprint density at radius 1 is 1.58 bits per heavy atom. The van der Waals surface area contributed by atoms with Crippen LogP contribution in [0.5, 0.6) is 0 Å². The van der Waals surface area contributed by atoms with Crippen LogP contribution in [0.3, 0.4) is 0 Å². The number of carbonyl (C=O) groups is 2. The zero-order valence-electron chi connectivity index (χ0n) is 11.1. The van der Waals surface area contributed by atoms with Gasteiger partial charge in [0.25, 0.3) is 0 Å². The van der Waals surface area contributed by atoms with E-state index in [1.165, 1.54) is 0 Å². The summed E-state index contributed by atoms with van der Waals surface area (Å²) in [6, 6.07) is -0.467. The van der Waals surface area contributed by atoms with Gasteiger partial charge in [0, 0.05) is 12.6 Å². The van der Waals surface area contributed by atoms with Crippen molar-refractivity contribution in [3.63, 3.8) is 0 Å². The number of nitrogens with zero attached hydrogens (tertiary/aromatic N) is 1. The molecule has 19 heavy (non-hydrogen) atoms. The maximum atomic E-state index is 12.2. The summed E-state index contributed by atoms with van der Waals surface area (Å²) in [4.78, 5) is 25.2. The van der Waals surface area contributed by atoms with E-state index in [0.717, 1.165) is 12.8 Å². The highest BCUT2D eigenvalue weighted by Gasteiger charge is 2.48. The van der Waals surface area contributed by atoms with E-state index >= 15 is 0 Å². The predicted molar refractivity (Wildman–Crippen MR) is 68.8 cm³/mol. The van der Waals surface area contributed by atoms with Gasteiger partial charge in [-0.3, -0.25) is 4.79 Å². The van der Waals surface area contributed by atoms with E-state index in [9.17, 15) is 14.7 Å². The van der Waals surface area contributed by atoms with E-state index in [4.69, 9.17) is 4.74 Å². The first-order valence-corrected chi connectivity index (χ1v) is 6.48. The largest absolute Gasteiger partial charge is 0.481 e. The van der Waals surface area contributed by atoms with Crippen LogP contribution in [0.2, 0.25) is 0 Å². The number of carbonyl (C=O) groups excluding carboxylic acids is 1. The number of aliphatic carboxylic acids is 1. The summed E-state index contributed by atoms with van der Waals surface area (Å²) in [6.45, 7) is 6.08. The summed E-state index contributed by atoms with van der Waals surface area (Å²) in [5.41, 5.74) is -1.06. The third kappa shape index (κ3) is 2.73. The minimum absolute atomic E-state index is 0.123. The van der Waals surface area contributed by atoms with Gasteiger partial charge in [-0.25, -0.2) is 4.79 Å². The molecule has 2 N–H and O–H groups in total. The van der Waals surface area contributed by atoms with Crippen LogP contribution < -0.4 is 5.32 Å². The quantitative estimate of drug-likeness (QED) is 0.724. The SMILES string of the molecule is C=CCN(C(=O)NC1COCC1(C)C(=O)O)C1CC1. The van der Waals surface area contributed by atoms with Crippen molar-refractivity contribution in [1.82, 2.24) is 10.2 Å². The Kier molecular flexibility index (Phi) is 3.80. The van der Waals surface area contributed by atoms with Gasteiger partial charge in [0.15, 0.2) is 0 Å². The number of nitrogens with one attached hydrogen (secondary N) is 1. The highest BCUT2D eigenvalue weighted by Crippen LogP contribution is 2.30. The first-order valence-electron chi connectivity index (χ1n) is 6.48. The van der Waals surface area contributed by atoms with Crippen molar-refractivity contribution in [3.05, 3.63) is 12.7 Å². The molecular formula is C13H20N2O4. The molecule has 1 heterocycles. The van der Waals surface area contributed by atoms with Crippen LogP contribution in [0.1, 0.15) is 19.8 Å². The summed E-state index contributed by atoms with van der Waals surface area (Å²) in [5.74, 6) is -0.947. The van der Waals surface area contributed by atoms with Gasteiger partial charge in [-0.1, -0.05) is 6.08 Å². The third-order valence-electron chi connectivity index (χ3n) is 3.82. The van der Waals surface area contributed by atoms with E-state index < -0.39 is 17.4 Å². The fourth-order valence-corrected chi connectivity index (χ4v) is 2.24. The number of carboxylic acid groups (broad SMARTS) is 1. The molecule has 2 rings (SSSR count). The molecule has 0 aromatic carbocycles. The average molecular weight is 268 g/mol. The minimum Gasteiger partial charge on any atom is -0.481 e. The molecule has 1 saturated carbocycles. The average Bonchev–Trinajstić information content (AvgIpc) is 3.12. The van der Waals surface area contributed by atoms with Crippen molar-refractivity contribution in [1.29, 1.82) is 0 Å². The molecule has 0 spiro atoms. The highest BCUT2D eigenvalue weighted by atomic mass is 16.5. The van der Waals surface area contributed by atoms with Gasteiger partial charge in [-0.2, -0.15) is 0 Å². The van der Waals surface area contributed by atoms with Gasteiger partial charge in [-0.05, 0) is 19.8 Å². The summed E-state index contributed by atoms with van der Waals surface area (Å²) in [6.07, 6.45) is 3.68. The molecule has 0 radical (unpaired) electrons. The van der Waals surface area contributed by atoms with Crippen molar-refractivity contribution in [2.75, 3.05) is 19.8 Å². The van der Waals surface area contributed by atoms with E-state index in [0.29, 0.717) is 6.54 Å². The summed E-state index contributed by atoms with van der Waals surface area (Å²) < 4.78 is 5.22. The van der Waals surface area contributed by atoms with Gasteiger partial charge in [0.1, 0.15) is 5.41 Å². The molecule has 1 aliphatic carbocycles. The minimum atomic E-state index is -1.06. The molecule has 0 aromatic rings. The van der Waals surface area contributed by atoms with Crippen LogP contribution in [-0.2, 0) is 9.53 Å². The molecule has 2 fully saturated rings. The first kappa shape index (κ1) is 13.9. The summed E-state index contributed by atoms with van der Waals surface area (Å²) >= 11 is 0. The van der Waals surface area contributed by atoms with Gasteiger partial charge in [-0.15, -0.1) is 6.58 Å². The Balaban J connectivity index is 2.01. The fraction of sp³-hybridized carbons (Fsp3) is 0.692. The number of amides is 2. The predicted octanol–water partition coefficient (Wildman–Crippen LogP) is 0.836. The van der Waals surface area contributed by atoms with Crippen molar-refractivity contribution in [2.24, 2.45) is 5.41 Å². The molecule has 2 atom stereocenters. The lowest BCUT2D eigenvalue weighted by molar-refractivity contribution is -0.148. The van der Waals surface area contributed by atoms with Crippen LogP contribution in [0.15, 0.2) is 12.7 Å². The first-order chi connectivity index (χ1) is 8.99. The molecule has 1 saturated heterocycles. The number of hydrogen-bond acceptors (Lipinski definition) is 3.